The van der Waals surface area contributed by atoms with Gasteiger partial charge in [0.1, 0.15) is 6.54 Å². The van der Waals surface area contributed by atoms with E-state index in [-0.39, 0.29) is 9.31 Å². The summed E-state index contributed by atoms with van der Waals surface area (Å²) in [6.07, 6.45) is -0.448. The number of primary amides is 1. The van der Waals surface area contributed by atoms with Gasteiger partial charge in [0, 0.05) is 6.42 Å². The molecule has 1 atom stereocenters. The summed E-state index contributed by atoms with van der Waals surface area (Å²) in [7, 11) is -4.26. The second-order valence-electron chi connectivity index (χ2n) is 4.62. The first-order valence-corrected chi connectivity index (χ1v) is 7.61. The molecule has 10 heteroatoms. The largest absolute Gasteiger partial charge is 0.370 e. The Morgan fingerprint density at radius 3 is 2.27 bits per heavy atom. The van der Waals surface area contributed by atoms with E-state index in [0.29, 0.717) is 0 Å². The van der Waals surface area contributed by atoms with Gasteiger partial charge in [0.25, 0.3) is 10.0 Å². The average molecular weight is 328 g/mol. The number of carbonyl (C=O) groups is 2. The topological polar surface area (TPSA) is 153 Å². The number of nitrogens with zero attached hydrogens (tertiary/aromatic N) is 2. The summed E-state index contributed by atoms with van der Waals surface area (Å²) in [5.74, 6) is -1.65. The lowest BCUT2D eigenvalue weighted by atomic mass is 10.1. The number of ketones is 1. The molecule has 0 unspecified atom stereocenters. The van der Waals surface area contributed by atoms with E-state index in [0.717, 1.165) is 5.56 Å². The maximum absolute atomic E-state index is 12.2. The Morgan fingerprint density at radius 1 is 1.27 bits per heavy atom. The van der Waals surface area contributed by atoms with Crippen molar-refractivity contribution in [3.63, 3.8) is 0 Å². The summed E-state index contributed by atoms with van der Waals surface area (Å²) in [6.45, 7) is 0.896. The molecule has 1 rings (SSSR count). The Balaban J connectivity index is 2.95. The van der Waals surface area contributed by atoms with Crippen LogP contribution in [-0.4, -0.2) is 37.1 Å². The first kappa shape index (κ1) is 17.7. The molecule has 0 fully saturated rings. The van der Waals surface area contributed by atoms with E-state index in [1.54, 1.807) is 6.92 Å². The Bertz CT molecular complexity index is 671. The van der Waals surface area contributed by atoms with Crippen molar-refractivity contribution < 1.29 is 18.0 Å². The number of carbonyl (C=O) groups excluding carboxylic acids is 2. The van der Waals surface area contributed by atoms with Crippen molar-refractivity contribution in [2.75, 3.05) is 6.54 Å². The molecule has 0 saturated heterocycles. The van der Waals surface area contributed by atoms with E-state index in [2.05, 4.69) is 5.29 Å². The number of hydrogen-bond acceptors (Lipinski definition) is 7. The number of Topliss-reactive ketones (excluding diaryl/α,β-unsaturated/α-hetero) is 1. The Morgan fingerprint density at radius 2 is 1.82 bits per heavy atom. The zero-order valence-electron chi connectivity index (χ0n) is 11.8. The maximum atomic E-state index is 12.2. The smallest absolute Gasteiger partial charge is 0.281 e. The monoisotopic (exact) mass is 328 g/mol. The molecule has 0 aliphatic rings. The van der Waals surface area contributed by atoms with Gasteiger partial charge in [0.05, 0.1) is 16.2 Å². The molecule has 0 radical (unpaired) electrons. The zero-order valence-corrected chi connectivity index (χ0v) is 12.6. The van der Waals surface area contributed by atoms with Crippen molar-refractivity contribution in [2.45, 2.75) is 24.3 Å². The van der Waals surface area contributed by atoms with Crippen LogP contribution < -0.4 is 11.5 Å². The molecule has 0 aliphatic carbocycles. The van der Waals surface area contributed by atoms with Crippen LogP contribution >= 0.6 is 0 Å². The Hall–Kier alpha value is -2.33. The fourth-order valence-corrected chi connectivity index (χ4v) is 2.68. The molecule has 1 aromatic rings. The highest BCUT2D eigenvalue weighted by molar-refractivity contribution is 7.89. The normalized spacial score (nSPS) is 12.5. The van der Waals surface area contributed by atoms with E-state index in [1.807, 2.05) is 0 Å². The van der Waals surface area contributed by atoms with Crippen molar-refractivity contribution >= 4 is 21.7 Å². The minimum Gasteiger partial charge on any atom is -0.370 e. The third kappa shape index (κ3) is 4.33. The van der Waals surface area contributed by atoms with Crippen molar-refractivity contribution in [1.29, 1.82) is 0 Å². The van der Waals surface area contributed by atoms with Crippen LogP contribution in [0.2, 0.25) is 0 Å². The number of amides is 1. The quantitative estimate of drug-likeness (QED) is 0.481. The van der Waals surface area contributed by atoms with Crippen LogP contribution in [0.15, 0.2) is 34.4 Å². The van der Waals surface area contributed by atoms with E-state index < -0.39 is 40.7 Å². The van der Waals surface area contributed by atoms with Gasteiger partial charge in [-0.15, -0.1) is 9.32 Å². The van der Waals surface area contributed by atoms with Crippen LogP contribution in [0.4, 0.5) is 0 Å². The van der Waals surface area contributed by atoms with Crippen molar-refractivity contribution in [2.24, 2.45) is 16.8 Å². The fraction of sp³-hybridized carbons (Fsp3) is 0.333. The molecular weight excluding hydrogens is 312 g/mol. The predicted molar refractivity (Wildman–Crippen MR) is 77.7 cm³/mol. The van der Waals surface area contributed by atoms with Crippen LogP contribution in [-0.2, 0) is 19.6 Å². The van der Waals surface area contributed by atoms with Gasteiger partial charge in [-0.25, -0.2) is 0 Å². The molecule has 22 heavy (non-hydrogen) atoms. The number of benzene rings is 1. The van der Waals surface area contributed by atoms with Gasteiger partial charge in [-0.3, -0.25) is 9.59 Å². The fourth-order valence-electron chi connectivity index (χ4n) is 1.57. The number of nitroso groups, excluding NO2 is 1. The summed E-state index contributed by atoms with van der Waals surface area (Å²) < 4.78 is 24.5. The molecular formula is C12H16N4O5S. The van der Waals surface area contributed by atoms with E-state index in [4.69, 9.17) is 11.5 Å². The lowest BCUT2D eigenvalue weighted by Crippen LogP contribution is -2.42. The number of aryl methyl sites for hydroxylation is 1. The van der Waals surface area contributed by atoms with Crippen molar-refractivity contribution in [1.82, 2.24) is 4.41 Å². The first-order chi connectivity index (χ1) is 10.2. The highest BCUT2D eigenvalue weighted by Gasteiger charge is 2.29. The summed E-state index contributed by atoms with van der Waals surface area (Å²) in [5, 5.41) is 2.36. The predicted octanol–water partition coefficient (Wildman–Crippen LogP) is -0.561. The molecule has 0 heterocycles. The van der Waals surface area contributed by atoms with E-state index in [1.165, 1.54) is 24.3 Å². The summed E-state index contributed by atoms with van der Waals surface area (Å²) in [4.78, 5) is 33.0. The molecule has 120 valence electrons. The summed E-state index contributed by atoms with van der Waals surface area (Å²) in [5.41, 5.74) is 11.1. The number of nitrogens with two attached hydrogens (primary N) is 2. The summed E-state index contributed by atoms with van der Waals surface area (Å²) >= 11 is 0. The lowest BCUT2D eigenvalue weighted by Gasteiger charge is -2.17. The van der Waals surface area contributed by atoms with Gasteiger partial charge < -0.3 is 11.5 Å². The van der Waals surface area contributed by atoms with Gasteiger partial charge >= 0.3 is 0 Å². The molecule has 0 aromatic heterocycles. The SMILES string of the molecule is Cc1ccc(S(=O)(=O)N(CC(=O)[C@@H](N)CC(N)=O)N=O)cc1. The minimum absolute atomic E-state index is 0.0981. The van der Waals surface area contributed by atoms with Gasteiger partial charge in [-0.1, -0.05) is 17.7 Å². The molecule has 0 bridgehead atoms. The van der Waals surface area contributed by atoms with Crippen LogP contribution in [0.1, 0.15) is 12.0 Å². The molecule has 9 nitrogen and oxygen atoms in total. The Kier molecular flexibility index (Phi) is 5.71. The van der Waals surface area contributed by atoms with Crippen LogP contribution in [0.5, 0.6) is 0 Å². The van der Waals surface area contributed by atoms with Gasteiger partial charge in [-0.2, -0.15) is 8.42 Å². The highest BCUT2D eigenvalue weighted by atomic mass is 32.2. The van der Waals surface area contributed by atoms with Crippen LogP contribution in [0, 0.1) is 11.8 Å². The summed E-state index contributed by atoms with van der Waals surface area (Å²) in [6, 6.07) is 4.36. The first-order valence-electron chi connectivity index (χ1n) is 6.17. The molecule has 0 saturated carbocycles. The zero-order chi connectivity index (χ0) is 16.9. The number of rotatable bonds is 8. The highest BCUT2D eigenvalue weighted by Crippen LogP contribution is 2.16. The lowest BCUT2D eigenvalue weighted by molar-refractivity contribution is -0.125. The molecule has 0 spiro atoms. The van der Waals surface area contributed by atoms with Crippen molar-refractivity contribution in [3.8, 4) is 0 Å². The molecule has 0 aliphatic heterocycles. The average Bonchev–Trinajstić information content (AvgIpc) is 2.43. The maximum Gasteiger partial charge on any atom is 0.281 e. The van der Waals surface area contributed by atoms with Crippen LogP contribution in [0.25, 0.3) is 0 Å². The van der Waals surface area contributed by atoms with Crippen molar-refractivity contribution in [3.05, 3.63) is 34.7 Å². The standard InChI is InChI=1S/C12H16N4O5S/c1-8-2-4-9(5-3-8)22(20,21)16(15-19)7-11(17)10(13)6-12(14)18/h2-5,10H,6-7,13H2,1H3,(H2,14,18)/t10-/m0/s1. The second-order valence-corrected chi connectivity index (χ2v) is 6.47. The number of hydrogen-bond donors (Lipinski definition) is 2. The Labute approximate surface area is 127 Å². The third-order valence-electron chi connectivity index (χ3n) is 2.81. The number of sulfonamides is 1. The second kappa shape index (κ2) is 7.09. The molecule has 1 amide bonds. The van der Waals surface area contributed by atoms with Gasteiger partial charge in [-0.05, 0) is 19.1 Å². The van der Waals surface area contributed by atoms with Gasteiger partial charge in [0.2, 0.25) is 5.91 Å². The third-order valence-corrected chi connectivity index (χ3v) is 4.43. The molecule has 4 N–H and O–H groups in total. The van der Waals surface area contributed by atoms with E-state index in [9.17, 15) is 22.9 Å². The van der Waals surface area contributed by atoms with E-state index >= 15 is 0 Å². The van der Waals surface area contributed by atoms with Crippen LogP contribution in [0.3, 0.4) is 0 Å². The molecule has 1 aromatic carbocycles. The minimum atomic E-state index is -4.26. The van der Waals surface area contributed by atoms with Gasteiger partial charge in [0.15, 0.2) is 5.78 Å².